The second-order valence-corrected chi connectivity index (χ2v) is 4.63. The molecule has 98 valence electrons. The molecular weight excluding hydrogens is 310 g/mol. The summed E-state index contributed by atoms with van der Waals surface area (Å²) in [4.78, 5) is 15.8. The second kappa shape index (κ2) is 5.71. The van der Waals surface area contributed by atoms with Crippen molar-refractivity contribution in [3.8, 4) is 5.75 Å². The number of carbonyl (C=O) groups is 1. The molecule has 0 saturated carbocycles. The van der Waals surface area contributed by atoms with E-state index in [1.54, 1.807) is 37.4 Å². The van der Waals surface area contributed by atoms with Crippen LogP contribution in [-0.4, -0.2) is 18.0 Å². The number of nitrogens with zero attached hydrogens (tertiary/aromatic N) is 1. The van der Waals surface area contributed by atoms with E-state index in [0.29, 0.717) is 22.8 Å². The summed E-state index contributed by atoms with van der Waals surface area (Å²) in [5.74, 6) is 0.834. The van der Waals surface area contributed by atoms with Crippen LogP contribution in [-0.2, 0) is 0 Å². The van der Waals surface area contributed by atoms with E-state index in [2.05, 4.69) is 26.2 Å². The number of amides is 1. The number of rotatable bonds is 3. The first-order chi connectivity index (χ1) is 9.10. The number of pyridine rings is 1. The van der Waals surface area contributed by atoms with Crippen LogP contribution in [0.15, 0.2) is 41.0 Å². The van der Waals surface area contributed by atoms with Crippen LogP contribution in [0.2, 0.25) is 0 Å². The maximum absolute atomic E-state index is 12.0. The summed E-state index contributed by atoms with van der Waals surface area (Å²) in [5.41, 5.74) is 6.58. The zero-order valence-electron chi connectivity index (χ0n) is 10.2. The number of halogens is 1. The van der Waals surface area contributed by atoms with Crippen LogP contribution in [0.5, 0.6) is 5.75 Å². The summed E-state index contributed by atoms with van der Waals surface area (Å²) in [6.45, 7) is 0. The standard InChI is InChI=1S/C13H12BrN3O2/c1-19-11-4-3-9(6-10(11)14)17-13(18)8-2-5-12(15)16-7-8/h2-7H,1H3,(H2,15,16)(H,17,18). The van der Waals surface area contributed by atoms with Crippen molar-refractivity contribution in [1.29, 1.82) is 0 Å². The number of nitrogen functional groups attached to an aromatic ring is 1. The average Bonchev–Trinajstić information content (AvgIpc) is 2.39. The Morgan fingerprint density at radius 3 is 2.74 bits per heavy atom. The van der Waals surface area contributed by atoms with Gasteiger partial charge in [-0.1, -0.05) is 0 Å². The number of aromatic nitrogens is 1. The third-order valence-electron chi connectivity index (χ3n) is 2.46. The highest BCUT2D eigenvalue weighted by Gasteiger charge is 2.08. The van der Waals surface area contributed by atoms with Gasteiger partial charge in [0.15, 0.2) is 0 Å². The van der Waals surface area contributed by atoms with Crippen molar-refractivity contribution in [1.82, 2.24) is 4.98 Å². The summed E-state index contributed by atoms with van der Waals surface area (Å²) in [7, 11) is 1.58. The summed E-state index contributed by atoms with van der Waals surface area (Å²) in [6, 6.07) is 8.49. The molecule has 2 rings (SSSR count). The van der Waals surface area contributed by atoms with Gasteiger partial charge in [0.25, 0.3) is 5.91 Å². The van der Waals surface area contributed by atoms with Crippen molar-refractivity contribution >= 4 is 33.3 Å². The largest absolute Gasteiger partial charge is 0.496 e. The molecule has 0 fully saturated rings. The molecule has 0 saturated heterocycles. The molecule has 0 bridgehead atoms. The van der Waals surface area contributed by atoms with Gasteiger partial charge in [0, 0.05) is 11.9 Å². The number of nitrogens with one attached hydrogen (secondary N) is 1. The Bertz CT molecular complexity index is 599. The van der Waals surface area contributed by atoms with E-state index in [-0.39, 0.29) is 5.91 Å². The van der Waals surface area contributed by atoms with E-state index in [4.69, 9.17) is 10.5 Å². The van der Waals surface area contributed by atoms with Crippen LogP contribution in [0.3, 0.4) is 0 Å². The summed E-state index contributed by atoms with van der Waals surface area (Å²) >= 11 is 3.36. The predicted octanol–water partition coefficient (Wildman–Crippen LogP) is 2.69. The van der Waals surface area contributed by atoms with E-state index < -0.39 is 0 Å². The van der Waals surface area contributed by atoms with Gasteiger partial charge in [-0.05, 0) is 46.3 Å². The summed E-state index contributed by atoms with van der Waals surface area (Å²) in [6.07, 6.45) is 1.43. The molecule has 3 N–H and O–H groups in total. The van der Waals surface area contributed by atoms with Crippen LogP contribution in [0.4, 0.5) is 11.5 Å². The van der Waals surface area contributed by atoms with Crippen LogP contribution in [0.1, 0.15) is 10.4 Å². The van der Waals surface area contributed by atoms with Gasteiger partial charge in [-0.25, -0.2) is 4.98 Å². The third-order valence-corrected chi connectivity index (χ3v) is 3.08. The van der Waals surface area contributed by atoms with Crippen LogP contribution in [0.25, 0.3) is 0 Å². The molecule has 0 aliphatic carbocycles. The molecule has 6 heteroatoms. The first-order valence-electron chi connectivity index (χ1n) is 5.46. The lowest BCUT2D eigenvalue weighted by Crippen LogP contribution is -2.12. The zero-order chi connectivity index (χ0) is 13.8. The Kier molecular flexibility index (Phi) is 4.01. The fourth-order valence-corrected chi connectivity index (χ4v) is 2.03. The fourth-order valence-electron chi connectivity index (χ4n) is 1.49. The second-order valence-electron chi connectivity index (χ2n) is 3.78. The highest BCUT2D eigenvalue weighted by molar-refractivity contribution is 9.10. The number of benzene rings is 1. The molecule has 0 radical (unpaired) electrons. The molecule has 0 unspecified atom stereocenters. The number of hydrogen-bond acceptors (Lipinski definition) is 4. The number of hydrogen-bond donors (Lipinski definition) is 2. The van der Waals surface area contributed by atoms with Crippen LogP contribution < -0.4 is 15.8 Å². The number of nitrogens with two attached hydrogens (primary N) is 1. The monoisotopic (exact) mass is 321 g/mol. The van der Waals surface area contributed by atoms with E-state index >= 15 is 0 Å². The van der Waals surface area contributed by atoms with Gasteiger partial charge < -0.3 is 15.8 Å². The molecule has 2 aromatic rings. The van der Waals surface area contributed by atoms with Gasteiger partial charge >= 0.3 is 0 Å². The Balaban J connectivity index is 2.14. The minimum atomic E-state index is -0.246. The minimum absolute atomic E-state index is 0.246. The summed E-state index contributed by atoms with van der Waals surface area (Å²) < 4.78 is 5.89. The smallest absolute Gasteiger partial charge is 0.257 e. The van der Waals surface area contributed by atoms with Gasteiger partial charge in [-0.2, -0.15) is 0 Å². The maximum Gasteiger partial charge on any atom is 0.257 e. The number of anilines is 2. The summed E-state index contributed by atoms with van der Waals surface area (Å²) in [5, 5.41) is 2.76. The number of methoxy groups -OCH3 is 1. The van der Waals surface area contributed by atoms with Crippen molar-refractivity contribution in [2.24, 2.45) is 0 Å². The van der Waals surface area contributed by atoms with Gasteiger partial charge in [0.05, 0.1) is 17.1 Å². The quantitative estimate of drug-likeness (QED) is 0.911. The predicted molar refractivity (Wildman–Crippen MR) is 77.3 cm³/mol. The van der Waals surface area contributed by atoms with Crippen LogP contribution in [0, 0.1) is 0 Å². The Hall–Kier alpha value is -2.08. The lowest BCUT2D eigenvalue weighted by Gasteiger charge is -2.08. The molecule has 0 atom stereocenters. The third kappa shape index (κ3) is 3.23. The molecule has 0 aliphatic rings. The number of carbonyl (C=O) groups excluding carboxylic acids is 1. The highest BCUT2D eigenvalue weighted by Crippen LogP contribution is 2.27. The van der Waals surface area contributed by atoms with Crippen molar-refractivity contribution in [2.75, 3.05) is 18.2 Å². The van der Waals surface area contributed by atoms with E-state index in [9.17, 15) is 4.79 Å². The lowest BCUT2D eigenvalue weighted by molar-refractivity contribution is 0.102. The van der Waals surface area contributed by atoms with Gasteiger partial charge in [-0.3, -0.25) is 4.79 Å². The van der Waals surface area contributed by atoms with Crippen molar-refractivity contribution < 1.29 is 9.53 Å². The lowest BCUT2D eigenvalue weighted by atomic mass is 10.2. The normalized spacial score (nSPS) is 10.0. The van der Waals surface area contributed by atoms with Crippen molar-refractivity contribution in [3.63, 3.8) is 0 Å². The minimum Gasteiger partial charge on any atom is -0.496 e. The molecule has 0 spiro atoms. The molecule has 5 nitrogen and oxygen atoms in total. The Morgan fingerprint density at radius 2 is 2.16 bits per heavy atom. The Morgan fingerprint density at radius 1 is 1.37 bits per heavy atom. The molecule has 1 aromatic heterocycles. The average molecular weight is 322 g/mol. The SMILES string of the molecule is COc1ccc(NC(=O)c2ccc(N)nc2)cc1Br. The molecule has 0 aliphatic heterocycles. The highest BCUT2D eigenvalue weighted by atomic mass is 79.9. The van der Waals surface area contributed by atoms with E-state index in [1.165, 1.54) is 6.20 Å². The molecular formula is C13H12BrN3O2. The molecule has 1 amide bonds. The zero-order valence-corrected chi connectivity index (χ0v) is 11.8. The van der Waals surface area contributed by atoms with Crippen molar-refractivity contribution in [2.45, 2.75) is 0 Å². The first kappa shape index (κ1) is 13.4. The van der Waals surface area contributed by atoms with E-state index in [1.807, 2.05) is 0 Å². The van der Waals surface area contributed by atoms with Gasteiger partial charge in [0.1, 0.15) is 11.6 Å². The Labute approximate surface area is 118 Å². The molecule has 1 heterocycles. The maximum atomic E-state index is 12.0. The van der Waals surface area contributed by atoms with Gasteiger partial charge in [0.2, 0.25) is 0 Å². The van der Waals surface area contributed by atoms with Crippen LogP contribution >= 0.6 is 15.9 Å². The topological polar surface area (TPSA) is 77.2 Å². The fraction of sp³-hybridized carbons (Fsp3) is 0.0769. The first-order valence-corrected chi connectivity index (χ1v) is 6.26. The number of ether oxygens (including phenoxy) is 1. The molecule has 19 heavy (non-hydrogen) atoms. The van der Waals surface area contributed by atoms with Gasteiger partial charge in [-0.15, -0.1) is 0 Å². The molecule has 1 aromatic carbocycles. The van der Waals surface area contributed by atoms with E-state index in [0.717, 1.165) is 4.47 Å². The van der Waals surface area contributed by atoms with Crippen molar-refractivity contribution in [3.05, 3.63) is 46.6 Å².